The third-order valence-corrected chi connectivity index (χ3v) is 8.85. The van der Waals surface area contributed by atoms with Gasteiger partial charge in [-0.25, -0.2) is 4.79 Å². The van der Waals surface area contributed by atoms with Crippen molar-refractivity contribution in [1.82, 2.24) is 15.1 Å². The maximum absolute atomic E-state index is 13.1. The van der Waals surface area contributed by atoms with Gasteiger partial charge < -0.3 is 19.9 Å². The van der Waals surface area contributed by atoms with E-state index in [0.29, 0.717) is 29.5 Å². The Morgan fingerprint density at radius 1 is 0.977 bits per heavy atom. The first-order valence-electron chi connectivity index (χ1n) is 15.3. The molecule has 1 aliphatic heterocycles. The van der Waals surface area contributed by atoms with E-state index in [4.69, 9.17) is 4.74 Å². The van der Waals surface area contributed by atoms with Crippen molar-refractivity contribution in [3.05, 3.63) is 124 Å². The first kappa shape index (κ1) is 30.9. The number of piperidine rings is 1. The second-order valence-corrected chi connectivity index (χ2v) is 11.7. The molecule has 2 fully saturated rings. The smallest absolute Gasteiger partial charge is 0.410 e. The summed E-state index contributed by atoms with van der Waals surface area (Å²) in [6, 6.07) is 26.2. The summed E-state index contributed by atoms with van der Waals surface area (Å²) >= 11 is 0. The highest BCUT2D eigenvalue weighted by molar-refractivity contribution is 5.94. The number of hydrogen-bond donors (Lipinski definition) is 1. The van der Waals surface area contributed by atoms with E-state index in [1.165, 1.54) is 17.7 Å². The fraction of sp³-hybridized carbons (Fsp3) is 0.371. The summed E-state index contributed by atoms with van der Waals surface area (Å²) in [5, 5.41) is 14.2. The highest BCUT2D eigenvalue weighted by Crippen LogP contribution is 2.41. The van der Waals surface area contributed by atoms with Crippen LogP contribution in [0.15, 0.2) is 97.6 Å². The number of ether oxygens (including phenoxy) is 1. The summed E-state index contributed by atoms with van der Waals surface area (Å²) in [5.41, 5.74) is 2.70. The highest BCUT2D eigenvalue weighted by atomic mass is 16.6. The minimum absolute atomic E-state index is 0.000250. The molecule has 44 heavy (non-hydrogen) atoms. The van der Waals surface area contributed by atoms with Gasteiger partial charge in [0.2, 0.25) is 0 Å². The first-order chi connectivity index (χ1) is 21.4. The first-order valence-corrected chi connectivity index (χ1v) is 15.3. The summed E-state index contributed by atoms with van der Waals surface area (Å²) in [4.78, 5) is 40.7. The maximum atomic E-state index is 13.1. The lowest BCUT2D eigenvalue weighted by Crippen LogP contribution is -2.48. The molecule has 1 saturated carbocycles. The molecular weight excluding hydrogens is 556 g/mol. The van der Waals surface area contributed by atoms with Gasteiger partial charge in [-0.15, -0.1) is 6.58 Å². The summed E-state index contributed by atoms with van der Waals surface area (Å²) in [5.74, 6) is 0.749. The Morgan fingerprint density at radius 3 is 2.27 bits per heavy atom. The number of nitro benzene ring substituents is 1. The van der Waals surface area contributed by atoms with E-state index < -0.39 is 11.0 Å². The molecule has 0 bridgehead atoms. The molecule has 2 aliphatic rings. The van der Waals surface area contributed by atoms with Gasteiger partial charge in [0, 0.05) is 56.0 Å². The molecule has 5 rings (SSSR count). The van der Waals surface area contributed by atoms with Crippen LogP contribution in [0.1, 0.15) is 53.1 Å². The lowest BCUT2D eigenvalue weighted by molar-refractivity contribution is -0.384. The molecule has 1 heterocycles. The Kier molecular flexibility index (Phi) is 10.4. The topological polar surface area (TPSA) is 105 Å². The van der Waals surface area contributed by atoms with E-state index in [-0.39, 0.29) is 30.3 Å². The van der Waals surface area contributed by atoms with Crippen LogP contribution in [-0.2, 0) is 11.3 Å². The van der Waals surface area contributed by atoms with E-state index in [1.807, 2.05) is 36.4 Å². The largest absolute Gasteiger partial charge is 0.445 e. The Balaban J connectivity index is 1.16. The van der Waals surface area contributed by atoms with Gasteiger partial charge in [-0.1, -0.05) is 54.6 Å². The van der Waals surface area contributed by atoms with Crippen LogP contribution in [-0.4, -0.2) is 65.0 Å². The quantitative estimate of drug-likeness (QED) is 0.161. The zero-order valence-corrected chi connectivity index (χ0v) is 24.9. The zero-order chi connectivity index (χ0) is 30.9. The molecular formula is C35H40N4O5. The van der Waals surface area contributed by atoms with Crippen LogP contribution in [0.25, 0.3) is 0 Å². The van der Waals surface area contributed by atoms with Crippen molar-refractivity contribution in [3.8, 4) is 0 Å². The van der Waals surface area contributed by atoms with Crippen LogP contribution < -0.4 is 5.32 Å². The molecule has 0 spiro atoms. The summed E-state index contributed by atoms with van der Waals surface area (Å²) in [6.45, 7) is 6.96. The van der Waals surface area contributed by atoms with E-state index in [0.717, 1.165) is 45.3 Å². The average Bonchev–Trinajstić information content (AvgIpc) is 3.45. The Labute approximate surface area is 258 Å². The van der Waals surface area contributed by atoms with Gasteiger partial charge in [0.15, 0.2) is 0 Å². The van der Waals surface area contributed by atoms with Gasteiger partial charge in [0.1, 0.15) is 6.61 Å². The second kappa shape index (κ2) is 14.8. The molecule has 3 aromatic rings. The van der Waals surface area contributed by atoms with Crippen LogP contribution in [0.2, 0.25) is 0 Å². The van der Waals surface area contributed by atoms with Gasteiger partial charge in [-0.05, 0) is 72.9 Å². The van der Waals surface area contributed by atoms with E-state index in [1.54, 1.807) is 23.1 Å². The normalized spacial score (nSPS) is 20.5. The second-order valence-electron chi connectivity index (χ2n) is 11.7. The summed E-state index contributed by atoms with van der Waals surface area (Å²) in [6.07, 6.45) is 4.81. The van der Waals surface area contributed by atoms with Gasteiger partial charge in [-0.2, -0.15) is 0 Å². The fourth-order valence-electron chi connectivity index (χ4n) is 6.61. The molecule has 1 N–H and O–H groups in total. The summed E-state index contributed by atoms with van der Waals surface area (Å²) in [7, 11) is 0. The number of likely N-dealkylation sites (tertiary alicyclic amines) is 1. The molecule has 1 saturated heterocycles. The van der Waals surface area contributed by atoms with Crippen LogP contribution in [0.4, 0.5) is 10.5 Å². The lowest BCUT2D eigenvalue weighted by atomic mass is 9.88. The van der Waals surface area contributed by atoms with Crippen LogP contribution >= 0.6 is 0 Å². The molecule has 0 unspecified atom stereocenters. The number of hydrogen-bond acceptors (Lipinski definition) is 6. The Morgan fingerprint density at radius 2 is 1.64 bits per heavy atom. The van der Waals surface area contributed by atoms with Gasteiger partial charge in [-0.3, -0.25) is 14.9 Å². The van der Waals surface area contributed by atoms with Crippen molar-refractivity contribution < 1.29 is 19.2 Å². The van der Waals surface area contributed by atoms with E-state index in [9.17, 15) is 19.7 Å². The molecule has 230 valence electrons. The maximum Gasteiger partial charge on any atom is 0.410 e. The van der Waals surface area contributed by atoms with E-state index >= 15 is 0 Å². The van der Waals surface area contributed by atoms with Crippen LogP contribution in [0, 0.1) is 16.0 Å². The monoisotopic (exact) mass is 596 g/mol. The minimum atomic E-state index is -0.454. The molecule has 3 atom stereocenters. The van der Waals surface area contributed by atoms with Gasteiger partial charge >= 0.3 is 6.09 Å². The number of carbonyl (C=O) groups is 2. The van der Waals surface area contributed by atoms with Crippen molar-refractivity contribution in [1.29, 1.82) is 0 Å². The number of carbonyl (C=O) groups excluding carboxylic acids is 2. The molecule has 9 nitrogen and oxygen atoms in total. The number of benzene rings is 3. The minimum Gasteiger partial charge on any atom is -0.445 e. The van der Waals surface area contributed by atoms with Crippen LogP contribution in [0.5, 0.6) is 0 Å². The van der Waals surface area contributed by atoms with Crippen molar-refractivity contribution in [3.63, 3.8) is 0 Å². The molecule has 0 radical (unpaired) electrons. The highest BCUT2D eigenvalue weighted by Gasteiger charge is 2.38. The van der Waals surface area contributed by atoms with Crippen molar-refractivity contribution in [2.45, 2.75) is 50.3 Å². The lowest BCUT2D eigenvalue weighted by Gasteiger charge is -2.39. The number of amides is 2. The van der Waals surface area contributed by atoms with Gasteiger partial charge in [0.05, 0.1) is 4.92 Å². The molecule has 2 amide bonds. The van der Waals surface area contributed by atoms with Crippen molar-refractivity contribution in [2.75, 3.05) is 26.2 Å². The number of nitrogens with zero attached hydrogens (tertiary/aromatic N) is 3. The molecule has 1 aliphatic carbocycles. The third kappa shape index (κ3) is 7.90. The number of rotatable bonds is 11. The Hall–Kier alpha value is -4.50. The molecule has 3 aromatic carbocycles. The Bertz CT molecular complexity index is 1410. The van der Waals surface area contributed by atoms with Crippen molar-refractivity contribution >= 4 is 17.7 Å². The van der Waals surface area contributed by atoms with E-state index in [2.05, 4.69) is 41.1 Å². The summed E-state index contributed by atoms with van der Waals surface area (Å²) < 4.78 is 5.59. The number of nitro groups is 1. The predicted molar refractivity (Wildman–Crippen MR) is 169 cm³/mol. The predicted octanol–water partition coefficient (Wildman–Crippen LogP) is 6.18. The number of non-ortho nitro benzene ring substituents is 1. The van der Waals surface area contributed by atoms with Crippen molar-refractivity contribution in [2.24, 2.45) is 5.92 Å². The number of nitrogens with one attached hydrogen (secondary N) is 1. The third-order valence-electron chi connectivity index (χ3n) is 8.85. The van der Waals surface area contributed by atoms with Gasteiger partial charge in [0.25, 0.3) is 11.6 Å². The molecule has 9 heteroatoms. The molecule has 0 aromatic heterocycles. The fourth-order valence-corrected chi connectivity index (χ4v) is 6.61. The average molecular weight is 597 g/mol. The standard InChI is InChI=1S/C35H40N4O5/c1-2-19-38(35(41)44-25-26-13-15-32(16-14-26)39(42)43)31-17-20-37(21-18-31)24-29-22-30(23-33(29)27-9-5-3-6-10-27)36-34(40)28-11-7-4-8-12-28/h2-16,29-31,33H,1,17-25H2,(H,36,40)/t29-,30-,33-/m1/s1. The van der Waals surface area contributed by atoms with Crippen LogP contribution in [0.3, 0.4) is 0 Å². The zero-order valence-electron chi connectivity index (χ0n) is 24.9. The SMILES string of the molecule is C=CCN(C(=O)OCc1ccc([N+](=O)[O-])cc1)C1CCN(C[C@H]2C[C@@H](NC(=O)c3ccccc3)C[C@@H]2c2ccccc2)CC1.